The van der Waals surface area contributed by atoms with E-state index in [1.54, 1.807) is 0 Å². The molecule has 0 heterocycles. The Hall–Kier alpha value is -0.900. The zero-order valence-corrected chi connectivity index (χ0v) is 11.5. The number of hydrogen-bond donors (Lipinski definition) is 3. The molecule has 0 aromatic heterocycles. The normalized spacial score (nSPS) is 14.4. The van der Waals surface area contributed by atoms with Crippen LogP contribution in [0.2, 0.25) is 0 Å². The van der Waals surface area contributed by atoms with Gasteiger partial charge in [0.2, 0.25) is 0 Å². The second-order valence-electron chi connectivity index (χ2n) is 4.89. The summed E-state index contributed by atoms with van der Waals surface area (Å²) in [5.41, 5.74) is 8.07. The quantitative estimate of drug-likeness (QED) is 0.615. The van der Waals surface area contributed by atoms with Gasteiger partial charge in [-0.25, -0.2) is 0 Å². The zero-order chi connectivity index (χ0) is 13.4. The summed E-state index contributed by atoms with van der Waals surface area (Å²) in [4.78, 5) is 0. The second-order valence-corrected chi connectivity index (χ2v) is 4.89. The van der Waals surface area contributed by atoms with Crippen molar-refractivity contribution in [3.05, 3.63) is 35.4 Å². The fourth-order valence-electron chi connectivity index (χ4n) is 1.83. The molecule has 0 radical (unpaired) electrons. The van der Waals surface area contributed by atoms with E-state index in [1.807, 2.05) is 0 Å². The predicted molar refractivity (Wildman–Crippen MR) is 76.8 cm³/mol. The van der Waals surface area contributed by atoms with E-state index >= 15 is 0 Å². The van der Waals surface area contributed by atoms with Crippen molar-refractivity contribution >= 4 is 0 Å². The van der Waals surface area contributed by atoms with Crippen molar-refractivity contribution in [2.75, 3.05) is 19.6 Å². The van der Waals surface area contributed by atoms with E-state index in [4.69, 9.17) is 5.73 Å². The maximum Gasteiger partial charge on any atom is 0.0786 e. The van der Waals surface area contributed by atoms with E-state index in [1.165, 1.54) is 17.5 Å². The van der Waals surface area contributed by atoms with Crippen LogP contribution in [0, 0.1) is 0 Å². The van der Waals surface area contributed by atoms with E-state index < -0.39 is 6.10 Å². The van der Waals surface area contributed by atoms with Crippen LogP contribution in [0.5, 0.6) is 0 Å². The number of benzene rings is 1. The molecule has 2 atom stereocenters. The number of aliphatic hydroxyl groups excluding tert-OH is 1. The molecule has 1 rings (SSSR count). The van der Waals surface area contributed by atoms with E-state index in [-0.39, 0.29) is 0 Å². The molecule has 0 bridgehead atoms. The Morgan fingerprint density at radius 3 is 2.50 bits per heavy atom. The Balaban J connectivity index is 2.31. The van der Waals surface area contributed by atoms with Crippen molar-refractivity contribution < 1.29 is 5.11 Å². The fraction of sp³-hybridized carbons (Fsp3) is 0.600. The van der Waals surface area contributed by atoms with Gasteiger partial charge in [0, 0.05) is 13.1 Å². The van der Waals surface area contributed by atoms with Gasteiger partial charge < -0.3 is 16.2 Å². The minimum atomic E-state index is -0.433. The molecule has 0 spiro atoms. The second kappa shape index (κ2) is 8.25. The SMILES string of the molecule is CCC(C)c1ccc(CCNCC(O)CN)cc1. The first-order chi connectivity index (χ1) is 8.67. The molecule has 0 aliphatic carbocycles. The standard InChI is InChI=1S/C15H26N2O/c1-3-12(2)14-6-4-13(5-7-14)8-9-17-11-15(18)10-16/h4-7,12,15,17-18H,3,8-11,16H2,1-2H3. The summed E-state index contributed by atoms with van der Waals surface area (Å²) in [6.45, 7) is 6.23. The molecule has 0 fully saturated rings. The monoisotopic (exact) mass is 250 g/mol. The molecule has 3 nitrogen and oxygen atoms in total. The maximum absolute atomic E-state index is 9.29. The van der Waals surface area contributed by atoms with Crippen LogP contribution in [0.4, 0.5) is 0 Å². The van der Waals surface area contributed by atoms with E-state index in [0.717, 1.165) is 13.0 Å². The van der Waals surface area contributed by atoms with Gasteiger partial charge >= 0.3 is 0 Å². The summed E-state index contributed by atoms with van der Waals surface area (Å²) in [5.74, 6) is 0.636. The Morgan fingerprint density at radius 2 is 1.94 bits per heavy atom. The molecule has 4 N–H and O–H groups in total. The van der Waals surface area contributed by atoms with Crippen LogP contribution >= 0.6 is 0 Å². The molecule has 1 aromatic rings. The highest BCUT2D eigenvalue weighted by atomic mass is 16.3. The minimum absolute atomic E-state index is 0.316. The highest BCUT2D eigenvalue weighted by Crippen LogP contribution is 2.18. The van der Waals surface area contributed by atoms with Crippen LogP contribution in [0.25, 0.3) is 0 Å². The largest absolute Gasteiger partial charge is 0.390 e. The van der Waals surface area contributed by atoms with Gasteiger partial charge in [-0.05, 0) is 36.4 Å². The first-order valence-electron chi connectivity index (χ1n) is 6.85. The van der Waals surface area contributed by atoms with Crippen LogP contribution in [0.1, 0.15) is 37.3 Å². The Bertz CT molecular complexity index is 324. The molecule has 0 saturated carbocycles. The lowest BCUT2D eigenvalue weighted by molar-refractivity contribution is 0.180. The van der Waals surface area contributed by atoms with Gasteiger partial charge in [0.05, 0.1) is 6.10 Å². The molecule has 1 aromatic carbocycles. The van der Waals surface area contributed by atoms with Gasteiger partial charge in [-0.15, -0.1) is 0 Å². The summed E-state index contributed by atoms with van der Waals surface area (Å²) in [5, 5.41) is 12.5. The summed E-state index contributed by atoms with van der Waals surface area (Å²) < 4.78 is 0. The lowest BCUT2D eigenvalue weighted by atomic mass is 9.97. The molecule has 3 heteroatoms. The van der Waals surface area contributed by atoms with E-state index in [9.17, 15) is 5.11 Å². The minimum Gasteiger partial charge on any atom is -0.390 e. The number of aliphatic hydroxyl groups is 1. The highest BCUT2D eigenvalue weighted by molar-refractivity contribution is 5.25. The van der Waals surface area contributed by atoms with Gasteiger partial charge in [0.15, 0.2) is 0 Å². The number of hydrogen-bond acceptors (Lipinski definition) is 3. The predicted octanol–water partition coefficient (Wildman–Crippen LogP) is 1.65. The molecule has 0 amide bonds. The van der Waals surface area contributed by atoms with Crippen molar-refractivity contribution in [1.82, 2.24) is 5.32 Å². The first kappa shape index (κ1) is 15.2. The van der Waals surface area contributed by atoms with Gasteiger partial charge in [0.1, 0.15) is 0 Å². The number of rotatable bonds is 8. The summed E-state index contributed by atoms with van der Waals surface area (Å²) in [6, 6.07) is 8.83. The van der Waals surface area contributed by atoms with Gasteiger partial charge in [-0.1, -0.05) is 38.1 Å². The van der Waals surface area contributed by atoms with Gasteiger partial charge in [-0.2, -0.15) is 0 Å². The van der Waals surface area contributed by atoms with Crippen LogP contribution in [0.15, 0.2) is 24.3 Å². The van der Waals surface area contributed by atoms with Gasteiger partial charge in [-0.3, -0.25) is 0 Å². The van der Waals surface area contributed by atoms with Crippen LogP contribution < -0.4 is 11.1 Å². The third-order valence-corrected chi connectivity index (χ3v) is 3.40. The third kappa shape index (κ3) is 5.17. The van der Waals surface area contributed by atoms with Crippen molar-refractivity contribution in [2.24, 2.45) is 5.73 Å². The van der Waals surface area contributed by atoms with Crippen molar-refractivity contribution in [2.45, 2.75) is 38.7 Å². The Kier molecular flexibility index (Phi) is 6.94. The number of nitrogens with one attached hydrogen (secondary N) is 1. The van der Waals surface area contributed by atoms with Crippen LogP contribution in [0.3, 0.4) is 0 Å². The van der Waals surface area contributed by atoms with Crippen molar-refractivity contribution in [1.29, 1.82) is 0 Å². The molecule has 0 saturated heterocycles. The lowest BCUT2D eigenvalue weighted by Gasteiger charge is -2.11. The molecular weight excluding hydrogens is 224 g/mol. The third-order valence-electron chi connectivity index (χ3n) is 3.40. The summed E-state index contributed by atoms with van der Waals surface area (Å²) >= 11 is 0. The lowest BCUT2D eigenvalue weighted by Crippen LogP contribution is -2.33. The summed E-state index contributed by atoms with van der Waals surface area (Å²) in [6.07, 6.45) is 1.73. The molecular formula is C15H26N2O. The fourth-order valence-corrected chi connectivity index (χ4v) is 1.83. The Labute approximate surface area is 110 Å². The first-order valence-corrected chi connectivity index (χ1v) is 6.85. The van der Waals surface area contributed by atoms with Crippen LogP contribution in [-0.2, 0) is 6.42 Å². The van der Waals surface area contributed by atoms with Gasteiger partial charge in [0.25, 0.3) is 0 Å². The van der Waals surface area contributed by atoms with E-state index in [2.05, 4.69) is 43.4 Å². The topological polar surface area (TPSA) is 58.3 Å². The van der Waals surface area contributed by atoms with E-state index in [0.29, 0.717) is 19.0 Å². The molecule has 18 heavy (non-hydrogen) atoms. The molecule has 0 aliphatic heterocycles. The summed E-state index contributed by atoms with van der Waals surface area (Å²) in [7, 11) is 0. The zero-order valence-electron chi connectivity index (χ0n) is 11.5. The average molecular weight is 250 g/mol. The van der Waals surface area contributed by atoms with Crippen molar-refractivity contribution in [3.63, 3.8) is 0 Å². The number of nitrogens with two attached hydrogens (primary N) is 1. The molecule has 102 valence electrons. The molecule has 0 aliphatic rings. The Morgan fingerprint density at radius 1 is 1.28 bits per heavy atom. The smallest absolute Gasteiger partial charge is 0.0786 e. The maximum atomic E-state index is 9.29. The highest BCUT2D eigenvalue weighted by Gasteiger charge is 2.03. The van der Waals surface area contributed by atoms with Crippen LogP contribution in [-0.4, -0.2) is 30.8 Å². The molecule has 2 unspecified atom stereocenters. The van der Waals surface area contributed by atoms with Crippen molar-refractivity contribution in [3.8, 4) is 0 Å². The average Bonchev–Trinajstić information content (AvgIpc) is 2.43.